The number of nitrogens with one attached hydrogen (secondary N) is 1. The van der Waals surface area contributed by atoms with Crippen molar-refractivity contribution in [1.82, 2.24) is 14.4 Å². The van der Waals surface area contributed by atoms with Crippen LogP contribution in [-0.2, 0) is 0 Å². The summed E-state index contributed by atoms with van der Waals surface area (Å²) in [5.41, 5.74) is 1.02. The van der Waals surface area contributed by atoms with Gasteiger partial charge < -0.3 is 15.3 Å². The van der Waals surface area contributed by atoms with Crippen LogP contribution in [0.25, 0.3) is 5.65 Å². The zero-order valence-electron chi connectivity index (χ0n) is 18.0. The minimum absolute atomic E-state index is 0.152. The first-order chi connectivity index (χ1) is 15.7. The van der Waals surface area contributed by atoms with Crippen LogP contribution in [0.4, 0.5) is 15.9 Å². The summed E-state index contributed by atoms with van der Waals surface area (Å²) in [6.07, 6.45) is 6.31. The molecule has 3 aromatic heterocycles. The third-order valence-corrected chi connectivity index (χ3v) is 6.96. The summed E-state index contributed by atoms with van der Waals surface area (Å²) in [5.74, 6) is -1.61. The number of nitrogens with zero attached hydrogens (tertiary/aromatic N) is 4. The van der Waals surface area contributed by atoms with E-state index in [2.05, 4.69) is 15.2 Å². The molecule has 4 heterocycles. The number of pyridine rings is 2. The van der Waals surface area contributed by atoms with Crippen molar-refractivity contribution in [3.8, 4) is 0 Å². The van der Waals surface area contributed by atoms with Crippen LogP contribution in [0.15, 0.2) is 35.3 Å². The normalized spacial score (nSPS) is 17.8. The molecule has 0 radical (unpaired) electrons. The van der Waals surface area contributed by atoms with Crippen LogP contribution < -0.4 is 15.8 Å². The summed E-state index contributed by atoms with van der Waals surface area (Å²) in [6.45, 7) is 3.52. The molecule has 1 aliphatic carbocycles. The average Bonchev–Trinajstić information content (AvgIpc) is 3.54. The van der Waals surface area contributed by atoms with E-state index >= 15 is 0 Å². The molecule has 0 amide bonds. The van der Waals surface area contributed by atoms with Gasteiger partial charge in [-0.25, -0.2) is 14.8 Å². The molecule has 10 heteroatoms. The Morgan fingerprint density at radius 3 is 2.61 bits per heavy atom. The lowest BCUT2D eigenvalue weighted by molar-refractivity contribution is 0.0690. The monoisotopic (exact) mass is 471 g/mol. The van der Waals surface area contributed by atoms with Crippen molar-refractivity contribution in [2.24, 2.45) is 5.41 Å². The van der Waals surface area contributed by atoms with Gasteiger partial charge in [-0.1, -0.05) is 11.6 Å². The zero-order chi connectivity index (χ0) is 23.3. The minimum atomic E-state index is -1.35. The van der Waals surface area contributed by atoms with Crippen molar-refractivity contribution in [1.29, 1.82) is 0 Å². The number of carboxylic acid groups (broad SMARTS) is 1. The van der Waals surface area contributed by atoms with Crippen LogP contribution in [0.3, 0.4) is 0 Å². The third-order valence-electron chi connectivity index (χ3n) is 6.75. The number of hydrogen-bond donors (Lipinski definition) is 2. The van der Waals surface area contributed by atoms with Crippen LogP contribution in [0, 0.1) is 11.4 Å². The van der Waals surface area contributed by atoms with Gasteiger partial charge in [-0.05, 0) is 56.2 Å². The molecule has 2 N–H and O–H groups in total. The van der Waals surface area contributed by atoms with Gasteiger partial charge in [-0.3, -0.25) is 9.20 Å². The Labute approximate surface area is 194 Å². The second kappa shape index (κ2) is 7.98. The molecule has 1 aliphatic heterocycles. The fraction of sp³-hybridized carbons (Fsp3) is 0.391. The second-order valence-corrected chi connectivity index (χ2v) is 9.38. The Hall–Kier alpha value is -3.20. The highest BCUT2D eigenvalue weighted by Crippen LogP contribution is 2.53. The average molecular weight is 472 g/mol. The largest absolute Gasteiger partial charge is 0.476 e. The van der Waals surface area contributed by atoms with Crippen LogP contribution in [0.1, 0.15) is 54.7 Å². The van der Waals surface area contributed by atoms with E-state index in [1.807, 2.05) is 0 Å². The molecule has 1 atom stereocenters. The molecule has 1 spiro atoms. The Morgan fingerprint density at radius 1 is 1.21 bits per heavy atom. The smallest absolute Gasteiger partial charge is 0.356 e. The van der Waals surface area contributed by atoms with E-state index < -0.39 is 23.7 Å². The molecule has 5 rings (SSSR count). The van der Waals surface area contributed by atoms with Gasteiger partial charge in [0.2, 0.25) is 5.95 Å². The molecule has 8 nitrogen and oxygen atoms in total. The molecular formula is C23H23ClFN5O3. The summed E-state index contributed by atoms with van der Waals surface area (Å²) in [6, 6.07) is 5.13. The molecule has 1 saturated heterocycles. The van der Waals surface area contributed by atoms with Gasteiger partial charge in [-0.2, -0.15) is 4.39 Å². The van der Waals surface area contributed by atoms with E-state index in [1.54, 1.807) is 13.0 Å². The highest BCUT2D eigenvalue weighted by atomic mass is 35.5. The van der Waals surface area contributed by atoms with Crippen molar-refractivity contribution in [3.05, 3.63) is 63.0 Å². The minimum Gasteiger partial charge on any atom is -0.476 e. The maximum Gasteiger partial charge on any atom is 0.356 e. The topological polar surface area (TPSA) is 99.8 Å². The first kappa shape index (κ1) is 21.6. The number of rotatable bonds is 5. The van der Waals surface area contributed by atoms with E-state index in [9.17, 15) is 19.1 Å². The fourth-order valence-corrected chi connectivity index (χ4v) is 4.79. The predicted octanol–water partition coefficient (Wildman–Crippen LogP) is 4.13. The number of carbonyl (C=O) groups is 1. The number of piperidine rings is 1. The number of fused-ring (bicyclic) bond motifs is 1. The standard InChI is InChI=1S/C23H23ClFN5O3/c1-13(26-16-2-3-17(25)27-20(16)22(32)33)15-10-14(24)12-30-19(31)11-18(28-21(15)30)29-8-6-23(4-5-23)7-9-29/h2-3,10-13,26H,4-9H2,1H3,(H,32,33)/t13-/m1/s1. The van der Waals surface area contributed by atoms with Gasteiger partial charge in [-0.15, -0.1) is 0 Å². The molecule has 0 unspecified atom stereocenters. The van der Waals surface area contributed by atoms with E-state index in [0.29, 0.717) is 27.5 Å². The Kier molecular flexibility index (Phi) is 5.23. The van der Waals surface area contributed by atoms with Crippen LogP contribution in [0.5, 0.6) is 0 Å². The second-order valence-electron chi connectivity index (χ2n) is 8.95. The van der Waals surface area contributed by atoms with Crippen molar-refractivity contribution < 1.29 is 14.3 Å². The van der Waals surface area contributed by atoms with E-state index in [1.165, 1.54) is 35.6 Å². The molecule has 2 aliphatic rings. The van der Waals surface area contributed by atoms with Crippen LogP contribution >= 0.6 is 11.6 Å². The van der Waals surface area contributed by atoms with Gasteiger partial charge in [0.15, 0.2) is 5.69 Å². The SMILES string of the molecule is C[C@@H](Nc1ccc(F)nc1C(=O)O)c1cc(Cl)cn2c(=O)cc(N3CCC4(CC3)CC4)nc12. The maximum absolute atomic E-state index is 13.5. The van der Waals surface area contributed by atoms with E-state index in [-0.39, 0.29) is 11.2 Å². The summed E-state index contributed by atoms with van der Waals surface area (Å²) in [4.78, 5) is 34.9. The van der Waals surface area contributed by atoms with Gasteiger partial charge >= 0.3 is 5.97 Å². The zero-order valence-corrected chi connectivity index (χ0v) is 18.8. The van der Waals surface area contributed by atoms with E-state index in [0.717, 1.165) is 32.0 Å². The maximum atomic E-state index is 13.5. The number of hydrogen-bond acceptors (Lipinski definition) is 6. The molecule has 0 aromatic carbocycles. The number of halogens is 2. The summed E-state index contributed by atoms with van der Waals surface area (Å²) < 4.78 is 14.9. The lowest BCUT2D eigenvalue weighted by Gasteiger charge is -2.33. The van der Waals surface area contributed by atoms with Crippen molar-refractivity contribution in [2.45, 2.75) is 38.6 Å². The highest BCUT2D eigenvalue weighted by Gasteiger charge is 2.44. The number of carboxylic acids is 1. The van der Waals surface area contributed by atoms with E-state index in [4.69, 9.17) is 16.6 Å². The molecule has 3 aromatic rings. The lowest BCUT2D eigenvalue weighted by Crippen LogP contribution is -2.36. The predicted molar refractivity (Wildman–Crippen MR) is 123 cm³/mol. The van der Waals surface area contributed by atoms with Crippen LogP contribution in [-0.4, -0.2) is 38.5 Å². The Bertz CT molecular complexity index is 1310. The lowest BCUT2D eigenvalue weighted by atomic mass is 9.94. The number of aromatic nitrogens is 3. The first-order valence-electron chi connectivity index (χ1n) is 10.9. The quantitative estimate of drug-likeness (QED) is 0.539. The molecule has 1 saturated carbocycles. The van der Waals surface area contributed by atoms with Crippen molar-refractivity contribution in [3.63, 3.8) is 0 Å². The summed E-state index contributed by atoms with van der Waals surface area (Å²) in [5, 5.41) is 12.8. The first-order valence-corrected chi connectivity index (χ1v) is 11.3. The third kappa shape index (κ3) is 4.13. The Balaban J connectivity index is 1.53. The number of aromatic carboxylic acids is 1. The van der Waals surface area contributed by atoms with Gasteiger partial charge in [0.1, 0.15) is 11.5 Å². The van der Waals surface area contributed by atoms with Crippen molar-refractivity contribution in [2.75, 3.05) is 23.3 Å². The van der Waals surface area contributed by atoms with Gasteiger partial charge in [0, 0.05) is 30.9 Å². The number of anilines is 2. The van der Waals surface area contributed by atoms with Gasteiger partial charge in [0.05, 0.1) is 16.8 Å². The fourth-order valence-electron chi connectivity index (χ4n) is 4.57. The Morgan fingerprint density at radius 2 is 1.94 bits per heavy atom. The van der Waals surface area contributed by atoms with Crippen molar-refractivity contribution >= 4 is 34.7 Å². The summed E-state index contributed by atoms with van der Waals surface area (Å²) in [7, 11) is 0. The highest BCUT2D eigenvalue weighted by molar-refractivity contribution is 6.30. The molecule has 33 heavy (non-hydrogen) atoms. The summed E-state index contributed by atoms with van der Waals surface area (Å²) >= 11 is 6.29. The molecular weight excluding hydrogens is 449 g/mol. The van der Waals surface area contributed by atoms with Crippen LogP contribution in [0.2, 0.25) is 5.02 Å². The molecule has 2 fully saturated rings. The van der Waals surface area contributed by atoms with Gasteiger partial charge in [0.25, 0.3) is 5.56 Å². The molecule has 0 bridgehead atoms. The molecule has 172 valence electrons.